The number of hydrogen-bond donors (Lipinski definition) is 2. The molecule has 1 aromatic rings. The van der Waals surface area contributed by atoms with Crippen molar-refractivity contribution in [2.75, 3.05) is 26.9 Å². The lowest BCUT2D eigenvalue weighted by atomic mass is 10.0. The average Bonchev–Trinajstić information content (AvgIpc) is 3.04. The fourth-order valence-electron chi connectivity index (χ4n) is 1.98. The number of nitrogens with one attached hydrogen (secondary N) is 1. The molecule has 6 heteroatoms. The maximum Gasteiger partial charge on any atom is 0.373 e. The number of furan rings is 1. The zero-order valence-electron chi connectivity index (χ0n) is 11.1. The van der Waals surface area contributed by atoms with E-state index in [0.717, 1.165) is 0 Å². The van der Waals surface area contributed by atoms with Crippen molar-refractivity contribution < 1.29 is 23.8 Å². The molecule has 1 aliphatic heterocycles. The Labute approximate surface area is 111 Å². The van der Waals surface area contributed by atoms with E-state index in [1.807, 2.05) is 6.92 Å². The van der Waals surface area contributed by atoms with Crippen molar-refractivity contribution in [1.82, 2.24) is 5.32 Å². The van der Waals surface area contributed by atoms with Crippen LogP contribution in [0.15, 0.2) is 16.5 Å². The van der Waals surface area contributed by atoms with Gasteiger partial charge < -0.3 is 24.3 Å². The minimum atomic E-state index is -0.813. The molecule has 0 aliphatic carbocycles. The second-order valence-electron chi connectivity index (χ2n) is 4.82. The minimum absolute atomic E-state index is 0.108. The van der Waals surface area contributed by atoms with Crippen molar-refractivity contribution in [3.63, 3.8) is 0 Å². The summed E-state index contributed by atoms with van der Waals surface area (Å²) >= 11 is 0. The maximum atomic E-state index is 11.3. The summed E-state index contributed by atoms with van der Waals surface area (Å²) in [5, 5.41) is 13.3. The van der Waals surface area contributed by atoms with Gasteiger partial charge in [0.15, 0.2) is 0 Å². The molecule has 2 N–H and O–H groups in total. The van der Waals surface area contributed by atoms with E-state index in [0.29, 0.717) is 31.9 Å². The summed E-state index contributed by atoms with van der Waals surface area (Å²) < 4.78 is 15.1. The van der Waals surface area contributed by atoms with E-state index in [1.165, 1.54) is 7.11 Å². The number of esters is 1. The molecule has 106 valence electrons. The van der Waals surface area contributed by atoms with Crippen LogP contribution in [0.4, 0.5) is 0 Å². The fourth-order valence-corrected chi connectivity index (χ4v) is 1.98. The van der Waals surface area contributed by atoms with Crippen LogP contribution in [0.25, 0.3) is 0 Å². The summed E-state index contributed by atoms with van der Waals surface area (Å²) in [7, 11) is 1.31. The molecular formula is C13H19NO5. The minimum Gasteiger partial charge on any atom is -0.463 e. The van der Waals surface area contributed by atoms with Gasteiger partial charge in [-0.05, 0) is 19.1 Å². The van der Waals surface area contributed by atoms with Gasteiger partial charge in [0, 0.05) is 19.6 Å². The lowest BCUT2D eigenvalue weighted by Gasteiger charge is -2.23. The van der Waals surface area contributed by atoms with Gasteiger partial charge in [-0.3, -0.25) is 0 Å². The highest BCUT2D eigenvalue weighted by Gasteiger charge is 2.32. The fraction of sp³-hybridized carbons (Fsp3) is 0.615. The second kappa shape index (κ2) is 5.73. The van der Waals surface area contributed by atoms with Gasteiger partial charge in [-0.15, -0.1) is 0 Å². The van der Waals surface area contributed by atoms with Crippen LogP contribution in [0.3, 0.4) is 0 Å². The number of carbonyl (C=O) groups is 1. The average molecular weight is 269 g/mol. The predicted octanol–water partition coefficient (Wildman–Crippen LogP) is 0.868. The Morgan fingerprint density at radius 3 is 3.05 bits per heavy atom. The lowest BCUT2D eigenvalue weighted by molar-refractivity contribution is 0.0246. The summed E-state index contributed by atoms with van der Waals surface area (Å²) in [5.74, 6) is 0.304. The second-order valence-corrected chi connectivity index (χ2v) is 4.82. The number of ether oxygens (including phenoxy) is 2. The van der Waals surface area contributed by atoms with Gasteiger partial charge in [0.25, 0.3) is 0 Å². The highest BCUT2D eigenvalue weighted by atomic mass is 16.5. The molecule has 1 aliphatic rings. The maximum absolute atomic E-state index is 11.3. The Bertz CT molecular complexity index is 436. The first-order valence-corrected chi connectivity index (χ1v) is 6.26. The van der Waals surface area contributed by atoms with Crippen LogP contribution in [0.1, 0.15) is 35.7 Å². The van der Waals surface area contributed by atoms with Crippen molar-refractivity contribution in [3.8, 4) is 0 Å². The van der Waals surface area contributed by atoms with Crippen molar-refractivity contribution in [1.29, 1.82) is 0 Å². The summed E-state index contributed by atoms with van der Waals surface area (Å²) in [6, 6.07) is 3.19. The number of carbonyl (C=O) groups excluding carboxylic acids is 1. The molecule has 2 unspecified atom stereocenters. The Hall–Kier alpha value is -1.37. The summed E-state index contributed by atoms with van der Waals surface area (Å²) in [6.45, 7) is 3.25. The summed E-state index contributed by atoms with van der Waals surface area (Å²) in [4.78, 5) is 11.3. The Morgan fingerprint density at radius 2 is 2.42 bits per heavy atom. The predicted molar refractivity (Wildman–Crippen MR) is 66.9 cm³/mol. The van der Waals surface area contributed by atoms with E-state index < -0.39 is 11.6 Å². The van der Waals surface area contributed by atoms with Crippen LogP contribution in [0, 0.1) is 0 Å². The summed E-state index contributed by atoms with van der Waals surface area (Å²) in [6.07, 6.45) is 0.623. The smallest absolute Gasteiger partial charge is 0.373 e. The lowest BCUT2D eigenvalue weighted by Crippen LogP contribution is -2.41. The van der Waals surface area contributed by atoms with Crippen LogP contribution >= 0.6 is 0 Å². The molecule has 0 radical (unpaired) electrons. The molecule has 1 aromatic heterocycles. The third kappa shape index (κ3) is 3.34. The highest BCUT2D eigenvalue weighted by Crippen LogP contribution is 2.21. The Balaban J connectivity index is 1.90. The van der Waals surface area contributed by atoms with E-state index in [4.69, 9.17) is 9.15 Å². The SMILES string of the molecule is COC(=O)c1ccc(C(C)NCC2(O)CCOC2)o1. The van der Waals surface area contributed by atoms with Gasteiger partial charge in [-0.1, -0.05) is 0 Å². The van der Waals surface area contributed by atoms with Gasteiger partial charge in [-0.25, -0.2) is 4.79 Å². The van der Waals surface area contributed by atoms with Gasteiger partial charge >= 0.3 is 5.97 Å². The van der Waals surface area contributed by atoms with Crippen LogP contribution < -0.4 is 5.32 Å². The van der Waals surface area contributed by atoms with Crippen molar-refractivity contribution in [2.45, 2.75) is 25.0 Å². The van der Waals surface area contributed by atoms with Crippen LogP contribution in [-0.4, -0.2) is 43.5 Å². The molecule has 0 bridgehead atoms. The van der Waals surface area contributed by atoms with Crippen LogP contribution in [0.2, 0.25) is 0 Å². The number of rotatable bonds is 5. The van der Waals surface area contributed by atoms with E-state index in [-0.39, 0.29) is 11.8 Å². The molecule has 0 saturated carbocycles. The first-order chi connectivity index (χ1) is 9.04. The van der Waals surface area contributed by atoms with E-state index in [2.05, 4.69) is 10.1 Å². The monoisotopic (exact) mass is 269 g/mol. The van der Waals surface area contributed by atoms with Crippen LogP contribution in [0.5, 0.6) is 0 Å². The number of hydrogen-bond acceptors (Lipinski definition) is 6. The largest absolute Gasteiger partial charge is 0.463 e. The number of aliphatic hydroxyl groups is 1. The molecule has 2 rings (SSSR count). The summed E-state index contributed by atoms with van der Waals surface area (Å²) in [5.41, 5.74) is -0.813. The van der Waals surface area contributed by atoms with E-state index in [9.17, 15) is 9.90 Å². The third-order valence-corrected chi connectivity index (χ3v) is 3.26. The van der Waals surface area contributed by atoms with Gasteiger partial charge in [0.05, 0.1) is 19.8 Å². The molecule has 0 aromatic carbocycles. The van der Waals surface area contributed by atoms with Crippen molar-refractivity contribution >= 4 is 5.97 Å². The normalized spacial score (nSPS) is 24.4. The molecule has 0 spiro atoms. The molecule has 2 atom stereocenters. The molecule has 19 heavy (non-hydrogen) atoms. The number of methoxy groups -OCH3 is 1. The van der Waals surface area contributed by atoms with E-state index >= 15 is 0 Å². The van der Waals surface area contributed by atoms with Crippen LogP contribution in [-0.2, 0) is 9.47 Å². The zero-order chi connectivity index (χ0) is 13.9. The molecule has 6 nitrogen and oxygen atoms in total. The third-order valence-electron chi connectivity index (χ3n) is 3.26. The molecule has 0 amide bonds. The van der Waals surface area contributed by atoms with Gasteiger partial charge in [-0.2, -0.15) is 0 Å². The van der Waals surface area contributed by atoms with E-state index in [1.54, 1.807) is 12.1 Å². The van der Waals surface area contributed by atoms with Crippen molar-refractivity contribution in [3.05, 3.63) is 23.7 Å². The quantitative estimate of drug-likeness (QED) is 0.772. The molecule has 1 saturated heterocycles. The van der Waals surface area contributed by atoms with Gasteiger partial charge in [0.2, 0.25) is 5.76 Å². The highest BCUT2D eigenvalue weighted by molar-refractivity contribution is 5.86. The first-order valence-electron chi connectivity index (χ1n) is 6.26. The Morgan fingerprint density at radius 1 is 1.63 bits per heavy atom. The standard InChI is InChI=1S/C13H19NO5/c1-9(14-7-13(16)5-6-18-8-13)10-3-4-11(19-10)12(15)17-2/h3-4,9,14,16H,5-8H2,1-2H3. The molecular weight excluding hydrogens is 250 g/mol. The first kappa shape index (κ1) is 14.0. The zero-order valence-corrected chi connectivity index (χ0v) is 11.1. The molecule has 2 heterocycles. The molecule has 1 fully saturated rings. The van der Waals surface area contributed by atoms with Crippen molar-refractivity contribution in [2.24, 2.45) is 0 Å². The Kier molecular flexibility index (Phi) is 4.24. The topological polar surface area (TPSA) is 80.9 Å². The van der Waals surface area contributed by atoms with Gasteiger partial charge in [0.1, 0.15) is 11.4 Å².